The molecule has 8 heteroatoms. The van der Waals surface area contributed by atoms with Crippen LogP contribution >= 0.6 is 0 Å². The quantitative estimate of drug-likeness (QED) is 0.676. The van der Waals surface area contributed by atoms with E-state index in [-0.39, 0.29) is 30.4 Å². The van der Waals surface area contributed by atoms with Crippen LogP contribution < -0.4 is 4.74 Å². The minimum absolute atomic E-state index is 0.0232. The lowest BCUT2D eigenvalue weighted by Gasteiger charge is -2.19. The Bertz CT molecular complexity index is 872. The van der Waals surface area contributed by atoms with Gasteiger partial charge in [0, 0.05) is 23.4 Å². The average Bonchev–Trinajstić information content (AvgIpc) is 2.92. The second-order valence-electron chi connectivity index (χ2n) is 6.64. The zero-order valence-corrected chi connectivity index (χ0v) is 16.2. The van der Waals surface area contributed by atoms with Gasteiger partial charge in [-0.25, -0.2) is 0 Å². The van der Waals surface area contributed by atoms with E-state index in [1.54, 1.807) is 24.9 Å². The summed E-state index contributed by atoms with van der Waals surface area (Å²) in [6.45, 7) is 5.12. The van der Waals surface area contributed by atoms with Gasteiger partial charge in [0.25, 0.3) is 0 Å². The van der Waals surface area contributed by atoms with Crippen molar-refractivity contribution in [3.63, 3.8) is 0 Å². The molecule has 0 aliphatic carbocycles. The van der Waals surface area contributed by atoms with Gasteiger partial charge >= 0.3 is 6.36 Å². The van der Waals surface area contributed by atoms with Crippen LogP contribution in [0.15, 0.2) is 24.3 Å². The molecule has 0 unspecified atom stereocenters. The van der Waals surface area contributed by atoms with Gasteiger partial charge in [-0.05, 0) is 38.9 Å². The second kappa shape index (κ2) is 8.60. The molecule has 0 spiro atoms. The molecule has 0 saturated heterocycles. The van der Waals surface area contributed by atoms with Crippen molar-refractivity contribution >= 4 is 11.6 Å². The fraction of sp³-hybridized carbons (Fsp3) is 0.400. The van der Waals surface area contributed by atoms with E-state index < -0.39 is 6.36 Å². The van der Waals surface area contributed by atoms with E-state index in [4.69, 9.17) is 0 Å². The minimum Gasteiger partial charge on any atom is -0.405 e. The first-order chi connectivity index (χ1) is 13.0. The van der Waals surface area contributed by atoms with Crippen molar-refractivity contribution in [2.24, 2.45) is 0 Å². The first-order valence-electron chi connectivity index (χ1n) is 8.81. The number of aryl methyl sites for hydroxylation is 1. The molecular weight excluding hydrogens is 373 g/mol. The molecule has 28 heavy (non-hydrogen) atoms. The van der Waals surface area contributed by atoms with Crippen LogP contribution in [0.2, 0.25) is 0 Å². The molecule has 0 fully saturated rings. The normalized spacial score (nSPS) is 11.7. The second-order valence-corrected chi connectivity index (χ2v) is 6.64. The third kappa shape index (κ3) is 5.22. The van der Waals surface area contributed by atoms with Crippen LogP contribution in [0, 0.1) is 6.92 Å². The molecule has 0 bridgehead atoms. The predicted molar refractivity (Wildman–Crippen MR) is 98.7 cm³/mol. The SMILES string of the molecule is CCc1c(C(=O)CN(C)Cc2ccccc2OC(F)(F)F)[nH]c(C)c1C(C)=O. The summed E-state index contributed by atoms with van der Waals surface area (Å²) in [5.41, 5.74) is 2.52. The first-order valence-corrected chi connectivity index (χ1v) is 8.81. The molecule has 1 N–H and O–H groups in total. The highest BCUT2D eigenvalue weighted by atomic mass is 19.4. The predicted octanol–water partition coefficient (Wildman–Crippen LogP) is 4.30. The topological polar surface area (TPSA) is 62.4 Å². The summed E-state index contributed by atoms with van der Waals surface area (Å²) in [5, 5.41) is 0. The van der Waals surface area contributed by atoms with Gasteiger partial charge in [0.15, 0.2) is 11.6 Å². The fourth-order valence-corrected chi connectivity index (χ4v) is 3.27. The number of rotatable bonds is 8. The lowest BCUT2D eigenvalue weighted by Crippen LogP contribution is -2.27. The van der Waals surface area contributed by atoms with Gasteiger partial charge in [-0.1, -0.05) is 25.1 Å². The monoisotopic (exact) mass is 396 g/mol. The zero-order chi connectivity index (χ0) is 21.1. The smallest absolute Gasteiger partial charge is 0.405 e. The Kier molecular flexibility index (Phi) is 6.66. The molecular formula is C20H23F3N2O3. The van der Waals surface area contributed by atoms with E-state index in [0.717, 1.165) is 0 Å². The van der Waals surface area contributed by atoms with E-state index in [1.807, 2.05) is 6.92 Å². The third-order valence-electron chi connectivity index (χ3n) is 4.33. The van der Waals surface area contributed by atoms with Crippen LogP contribution in [0.1, 0.15) is 51.5 Å². The number of nitrogens with zero attached hydrogens (tertiary/aromatic N) is 1. The van der Waals surface area contributed by atoms with Gasteiger partial charge < -0.3 is 9.72 Å². The van der Waals surface area contributed by atoms with E-state index in [1.165, 1.54) is 25.1 Å². The Labute approximate surface area is 161 Å². The molecule has 1 heterocycles. The lowest BCUT2D eigenvalue weighted by molar-refractivity contribution is -0.275. The molecule has 0 aliphatic heterocycles. The largest absolute Gasteiger partial charge is 0.573 e. The molecule has 2 aromatic rings. The number of ether oxygens (including phenoxy) is 1. The Balaban J connectivity index is 2.17. The molecule has 1 aromatic carbocycles. The summed E-state index contributed by atoms with van der Waals surface area (Å²) in [6, 6.07) is 5.82. The maximum Gasteiger partial charge on any atom is 0.573 e. The molecule has 152 valence electrons. The summed E-state index contributed by atoms with van der Waals surface area (Å²) in [4.78, 5) is 29.2. The Morgan fingerprint density at radius 3 is 2.43 bits per heavy atom. The highest BCUT2D eigenvalue weighted by Gasteiger charge is 2.32. The summed E-state index contributed by atoms with van der Waals surface area (Å²) < 4.78 is 41.7. The maximum atomic E-state index is 12.7. The standard InChI is InChI=1S/C20H23F3N2O3/c1-5-15-18(13(3)26)12(2)24-19(15)16(27)11-25(4)10-14-8-6-7-9-17(14)28-20(21,22)23/h6-9,24H,5,10-11H2,1-4H3. The number of Topliss-reactive ketones (excluding diaryl/α,β-unsaturated/α-hetero) is 2. The van der Waals surface area contributed by atoms with Gasteiger partial charge in [0.2, 0.25) is 0 Å². The summed E-state index contributed by atoms with van der Waals surface area (Å²) >= 11 is 0. The summed E-state index contributed by atoms with van der Waals surface area (Å²) in [7, 11) is 1.63. The lowest BCUT2D eigenvalue weighted by atomic mass is 10.0. The number of hydrogen-bond acceptors (Lipinski definition) is 4. The third-order valence-corrected chi connectivity index (χ3v) is 4.33. The molecule has 2 rings (SSSR count). The number of ketones is 2. The Morgan fingerprint density at radius 2 is 1.86 bits per heavy atom. The van der Waals surface area contributed by atoms with Crippen molar-refractivity contribution < 1.29 is 27.5 Å². The van der Waals surface area contributed by atoms with Gasteiger partial charge in [0.05, 0.1) is 12.2 Å². The molecule has 5 nitrogen and oxygen atoms in total. The van der Waals surface area contributed by atoms with E-state index >= 15 is 0 Å². The number of nitrogens with one attached hydrogen (secondary N) is 1. The van der Waals surface area contributed by atoms with Crippen LogP contribution in [0.3, 0.4) is 0 Å². The zero-order valence-electron chi connectivity index (χ0n) is 16.2. The molecule has 0 amide bonds. The number of hydrogen-bond donors (Lipinski definition) is 1. The van der Waals surface area contributed by atoms with Crippen molar-refractivity contribution in [3.8, 4) is 5.75 Å². The van der Waals surface area contributed by atoms with Crippen LogP contribution in [0.5, 0.6) is 5.75 Å². The average molecular weight is 396 g/mol. The van der Waals surface area contributed by atoms with Crippen LogP contribution in [0.4, 0.5) is 13.2 Å². The number of carbonyl (C=O) groups is 2. The summed E-state index contributed by atoms with van der Waals surface area (Å²) in [6.07, 6.45) is -4.27. The molecule has 1 aromatic heterocycles. The van der Waals surface area contributed by atoms with Crippen LogP contribution in [-0.4, -0.2) is 41.4 Å². The number of aromatic nitrogens is 1. The van der Waals surface area contributed by atoms with Crippen LogP contribution in [-0.2, 0) is 13.0 Å². The minimum atomic E-state index is -4.79. The van der Waals surface area contributed by atoms with Crippen molar-refractivity contribution in [3.05, 3.63) is 52.3 Å². The fourth-order valence-electron chi connectivity index (χ4n) is 3.27. The van der Waals surface area contributed by atoms with E-state index in [0.29, 0.717) is 34.5 Å². The number of benzene rings is 1. The number of aromatic amines is 1. The number of carbonyl (C=O) groups excluding carboxylic acids is 2. The van der Waals surface area contributed by atoms with Gasteiger partial charge in [-0.3, -0.25) is 14.5 Å². The van der Waals surface area contributed by atoms with Crippen molar-refractivity contribution in [2.45, 2.75) is 40.1 Å². The van der Waals surface area contributed by atoms with Crippen molar-refractivity contribution in [2.75, 3.05) is 13.6 Å². The number of para-hydroxylation sites is 1. The number of alkyl halides is 3. The Hall–Kier alpha value is -2.61. The number of halogens is 3. The Morgan fingerprint density at radius 1 is 1.21 bits per heavy atom. The van der Waals surface area contributed by atoms with Crippen LogP contribution in [0.25, 0.3) is 0 Å². The maximum absolute atomic E-state index is 12.7. The van der Waals surface area contributed by atoms with Gasteiger partial charge in [-0.2, -0.15) is 0 Å². The van der Waals surface area contributed by atoms with Crippen molar-refractivity contribution in [1.82, 2.24) is 9.88 Å². The van der Waals surface area contributed by atoms with E-state index in [2.05, 4.69) is 9.72 Å². The molecule has 0 saturated carbocycles. The van der Waals surface area contributed by atoms with Gasteiger partial charge in [-0.15, -0.1) is 13.2 Å². The highest BCUT2D eigenvalue weighted by Crippen LogP contribution is 2.27. The van der Waals surface area contributed by atoms with Gasteiger partial charge in [0.1, 0.15) is 5.75 Å². The molecule has 0 atom stereocenters. The summed E-state index contributed by atoms with van der Waals surface area (Å²) in [5.74, 6) is -0.640. The number of H-pyrrole nitrogens is 1. The molecule has 0 radical (unpaired) electrons. The van der Waals surface area contributed by atoms with E-state index in [9.17, 15) is 22.8 Å². The molecule has 0 aliphatic rings. The van der Waals surface area contributed by atoms with Crippen molar-refractivity contribution in [1.29, 1.82) is 0 Å². The highest BCUT2D eigenvalue weighted by molar-refractivity contribution is 6.04. The first kappa shape index (κ1) is 21.7. The number of likely N-dealkylation sites (N-methyl/N-ethyl adjacent to an activating group) is 1.